The average Bonchev–Trinajstić information content (AvgIpc) is 2.97. The molecule has 43 heavy (non-hydrogen) atoms. The fourth-order valence-corrected chi connectivity index (χ4v) is 12.0. The summed E-state index contributed by atoms with van der Waals surface area (Å²) in [7, 11) is -3.18. The maximum absolute atomic E-state index is 7.47. The summed E-state index contributed by atoms with van der Waals surface area (Å²) in [6, 6.07) is 29.8. The maximum atomic E-state index is 7.47. The molecule has 4 nitrogen and oxygen atoms in total. The number of hydrogen-bond acceptors (Lipinski definition) is 4. The Labute approximate surface area is 262 Å². The van der Waals surface area contributed by atoms with Crippen molar-refractivity contribution in [1.82, 2.24) is 0 Å². The topological polar surface area (TPSA) is 36.9 Å². The van der Waals surface area contributed by atoms with E-state index in [9.17, 15) is 0 Å². The van der Waals surface area contributed by atoms with Crippen LogP contribution in [0.4, 0.5) is 0 Å². The highest BCUT2D eigenvalue weighted by atomic mass is 28.4. The Morgan fingerprint density at radius 1 is 0.814 bits per heavy atom. The Morgan fingerprint density at radius 2 is 1.35 bits per heavy atom. The molecule has 0 N–H and O–H groups in total. The van der Waals surface area contributed by atoms with Gasteiger partial charge in [-0.2, -0.15) is 0 Å². The number of benzene rings is 3. The standard InChI is InChI=1S/C37H52O4Si2/c1-11-37(28-40-43(36(5,6)7,31-18-14-12-15-19-31)32-20-16-13-17-21-32)26-33(34(37)41-42(9,10)35(2,3)4)39-27-29-22-24-30(38-8)25-23-29/h11-25,33-34H,1,26-28H2,2-10H3/t33-,34-,37+/m1/s1. The van der Waals surface area contributed by atoms with E-state index in [0.29, 0.717) is 13.2 Å². The molecule has 1 aliphatic rings. The van der Waals surface area contributed by atoms with Gasteiger partial charge in [0.05, 0.1) is 25.9 Å². The zero-order valence-electron chi connectivity index (χ0n) is 27.8. The summed E-state index contributed by atoms with van der Waals surface area (Å²) in [6.45, 7) is 23.9. The molecule has 3 atom stereocenters. The molecule has 0 unspecified atom stereocenters. The molecule has 6 heteroatoms. The third-order valence-corrected chi connectivity index (χ3v) is 19.2. The second-order valence-corrected chi connectivity index (χ2v) is 23.7. The van der Waals surface area contributed by atoms with Gasteiger partial charge < -0.3 is 18.3 Å². The molecule has 0 amide bonds. The van der Waals surface area contributed by atoms with Crippen molar-refractivity contribution in [2.75, 3.05) is 13.7 Å². The Hall–Kier alpha value is -2.49. The van der Waals surface area contributed by atoms with Gasteiger partial charge in [-0.1, -0.05) is 120 Å². The molecule has 0 bridgehead atoms. The van der Waals surface area contributed by atoms with Crippen molar-refractivity contribution in [2.24, 2.45) is 5.41 Å². The lowest BCUT2D eigenvalue weighted by Gasteiger charge is -2.57. The van der Waals surface area contributed by atoms with Crippen molar-refractivity contribution in [1.29, 1.82) is 0 Å². The van der Waals surface area contributed by atoms with E-state index in [-0.39, 0.29) is 27.7 Å². The van der Waals surface area contributed by atoms with Crippen LogP contribution < -0.4 is 15.1 Å². The Morgan fingerprint density at radius 3 is 1.79 bits per heavy atom. The van der Waals surface area contributed by atoms with Crippen LogP contribution >= 0.6 is 0 Å². The van der Waals surface area contributed by atoms with Crippen LogP contribution in [0.2, 0.25) is 23.2 Å². The van der Waals surface area contributed by atoms with E-state index in [4.69, 9.17) is 18.3 Å². The number of methoxy groups -OCH3 is 1. The van der Waals surface area contributed by atoms with Crippen molar-refractivity contribution < 1.29 is 18.3 Å². The number of ether oxygens (including phenoxy) is 2. The van der Waals surface area contributed by atoms with Crippen LogP contribution in [0.5, 0.6) is 5.75 Å². The zero-order chi connectivity index (χ0) is 31.5. The lowest BCUT2D eigenvalue weighted by molar-refractivity contribution is -0.176. The van der Waals surface area contributed by atoms with Gasteiger partial charge in [0.2, 0.25) is 0 Å². The second kappa shape index (κ2) is 12.9. The van der Waals surface area contributed by atoms with Crippen LogP contribution in [0.15, 0.2) is 97.6 Å². The first-order chi connectivity index (χ1) is 20.2. The summed E-state index contributed by atoms with van der Waals surface area (Å²) in [6.07, 6.45) is 2.72. The Bertz CT molecular complexity index is 1290. The van der Waals surface area contributed by atoms with Crippen LogP contribution in [0.1, 0.15) is 53.5 Å². The van der Waals surface area contributed by atoms with Gasteiger partial charge in [-0.25, -0.2) is 0 Å². The van der Waals surface area contributed by atoms with Crippen LogP contribution in [-0.4, -0.2) is 42.6 Å². The van der Waals surface area contributed by atoms with Crippen molar-refractivity contribution >= 4 is 27.0 Å². The van der Waals surface area contributed by atoms with Gasteiger partial charge in [0, 0.05) is 12.0 Å². The monoisotopic (exact) mass is 616 g/mol. The summed E-state index contributed by atoms with van der Waals surface area (Å²) in [5, 5.41) is 2.51. The third-order valence-electron chi connectivity index (χ3n) is 9.72. The Balaban J connectivity index is 1.68. The molecular formula is C37H52O4Si2. The fraction of sp³-hybridized carbons (Fsp3) is 0.459. The normalized spacial score (nSPS) is 21.2. The molecule has 0 radical (unpaired) electrons. The van der Waals surface area contributed by atoms with E-state index in [2.05, 4.69) is 140 Å². The zero-order valence-corrected chi connectivity index (χ0v) is 29.8. The largest absolute Gasteiger partial charge is 0.497 e. The number of rotatable bonds is 12. The fourth-order valence-electron chi connectivity index (χ4n) is 5.97. The molecule has 232 valence electrons. The third kappa shape index (κ3) is 6.79. The van der Waals surface area contributed by atoms with Crippen LogP contribution in [0.25, 0.3) is 0 Å². The minimum Gasteiger partial charge on any atom is -0.497 e. The smallest absolute Gasteiger partial charge is 0.261 e. The first kappa shape index (κ1) is 33.4. The summed E-state index contributed by atoms with van der Waals surface area (Å²) in [5.74, 6) is 0.845. The summed E-state index contributed by atoms with van der Waals surface area (Å²) >= 11 is 0. The van der Waals surface area contributed by atoms with Gasteiger partial charge in [-0.05, 0) is 57.7 Å². The van der Waals surface area contributed by atoms with Crippen molar-refractivity contribution in [3.8, 4) is 5.75 Å². The van der Waals surface area contributed by atoms with E-state index >= 15 is 0 Å². The molecule has 3 aromatic rings. The predicted octanol–water partition coefficient (Wildman–Crippen LogP) is 8.12. The highest BCUT2D eigenvalue weighted by molar-refractivity contribution is 6.99. The van der Waals surface area contributed by atoms with Crippen molar-refractivity contribution in [3.63, 3.8) is 0 Å². The molecule has 0 heterocycles. The van der Waals surface area contributed by atoms with Gasteiger partial charge in [0.15, 0.2) is 8.32 Å². The van der Waals surface area contributed by atoms with Crippen LogP contribution in [0.3, 0.4) is 0 Å². The first-order valence-electron chi connectivity index (χ1n) is 15.5. The number of hydrogen-bond donors (Lipinski definition) is 0. The van der Waals surface area contributed by atoms with E-state index in [0.717, 1.165) is 17.7 Å². The minimum atomic E-state index is -2.73. The molecule has 1 saturated carbocycles. The summed E-state index contributed by atoms with van der Waals surface area (Å²) in [4.78, 5) is 0. The van der Waals surface area contributed by atoms with E-state index in [1.165, 1.54) is 10.4 Å². The van der Waals surface area contributed by atoms with Crippen molar-refractivity contribution in [2.45, 2.75) is 89.9 Å². The molecule has 1 aliphatic carbocycles. The lowest BCUT2D eigenvalue weighted by Crippen LogP contribution is -2.70. The van der Waals surface area contributed by atoms with E-state index < -0.39 is 16.6 Å². The van der Waals surface area contributed by atoms with Crippen LogP contribution in [0, 0.1) is 5.41 Å². The van der Waals surface area contributed by atoms with Gasteiger partial charge in [-0.3, -0.25) is 0 Å². The van der Waals surface area contributed by atoms with Gasteiger partial charge >= 0.3 is 0 Å². The first-order valence-corrected chi connectivity index (χ1v) is 20.3. The molecule has 0 aliphatic heterocycles. The molecule has 0 spiro atoms. The van der Waals surface area contributed by atoms with Gasteiger partial charge in [0.25, 0.3) is 8.32 Å². The summed E-state index contributed by atoms with van der Waals surface area (Å²) in [5.41, 5.74) is 0.763. The summed E-state index contributed by atoms with van der Waals surface area (Å²) < 4.78 is 26.6. The van der Waals surface area contributed by atoms with Gasteiger partial charge in [-0.15, -0.1) is 6.58 Å². The molecule has 1 fully saturated rings. The molecule has 4 rings (SSSR count). The molecule has 0 saturated heterocycles. The van der Waals surface area contributed by atoms with Gasteiger partial charge in [0.1, 0.15) is 5.75 Å². The SMILES string of the molecule is C=C[C@@]1(CO[Si](c2ccccc2)(c2ccccc2)C(C)(C)C)C[C@@H](OCc2ccc(OC)cc2)[C@H]1O[Si](C)(C)C(C)(C)C. The molecule has 0 aromatic heterocycles. The highest BCUT2D eigenvalue weighted by Crippen LogP contribution is 2.51. The quantitative estimate of drug-likeness (QED) is 0.152. The Kier molecular flexibility index (Phi) is 9.99. The predicted molar refractivity (Wildman–Crippen MR) is 184 cm³/mol. The molecular weight excluding hydrogens is 565 g/mol. The lowest BCUT2D eigenvalue weighted by atomic mass is 9.64. The molecule has 3 aromatic carbocycles. The van der Waals surface area contributed by atoms with E-state index in [1.54, 1.807) is 7.11 Å². The van der Waals surface area contributed by atoms with Crippen LogP contribution in [-0.2, 0) is 20.2 Å². The van der Waals surface area contributed by atoms with Crippen molar-refractivity contribution in [3.05, 3.63) is 103 Å². The van der Waals surface area contributed by atoms with E-state index in [1.807, 2.05) is 12.1 Å². The second-order valence-electron chi connectivity index (χ2n) is 14.6. The highest BCUT2D eigenvalue weighted by Gasteiger charge is 2.59. The maximum Gasteiger partial charge on any atom is 0.261 e. The average molecular weight is 617 g/mol. The minimum absolute atomic E-state index is 0.0445.